The van der Waals surface area contributed by atoms with Gasteiger partial charge in [0.1, 0.15) is 0 Å². The van der Waals surface area contributed by atoms with Gasteiger partial charge in [0.25, 0.3) is 0 Å². The minimum atomic E-state index is -0.333. The summed E-state index contributed by atoms with van der Waals surface area (Å²) >= 11 is 0. The fourth-order valence-corrected chi connectivity index (χ4v) is 2.53. The van der Waals surface area contributed by atoms with Crippen molar-refractivity contribution in [2.75, 3.05) is 25.5 Å². The van der Waals surface area contributed by atoms with Crippen LogP contribution in [0.2, 0.25) is 0 Å². The monoisotopic (exact) mass is 251 g/mol. The molecule has 1 aliphatic heterocycles. The molecule has 1 unspecified atom stereocenters. The van der Waals surface area contributed by atoms with Gasteiger partial charge in [0.15, 0.2) is 0 Å². The van der Waals surface area contributed by atoms with Crippen molar-refractivity contribution < 1.29 is 9.32 Å². The molecule has 1 aliphatic rings. The van der Waals surface area contributed by atoms with Crippen LogP contribution in [0.3, 0.4) is 0 Å². The van der Waals surface area contributed by atoms with Crippen molar-refractivity contribution >= 4 is 11.8 Å². The molecule has 5 nitrogen and oxygen atoms in total. The van der Waals surface area contributed by atoms with E-state index in [0.29, 0.717) is 5.88 Å². The maximum absolute atomic E-state index is 12.3. The van der Waals surface area contributed by atoms with E-state index in [9.17, 15) is 4.79 Å². The van der Waals surface area contributed by atoms with E-state index >= 15 is 0 Å². The maximum Gasteiger partial charge on any atom is 0.234 e. The van der Waals surface area contributed by atoms with Gasteiger partial charge in [0, 0.05) is 12.1 Å². The Hall–Kier alpha value is -1.36. The Labute approximate surface area is 108 Å². The zero-order chi connectivity index (χ0) is 13.3. The number of amides is 1. The van der Waals surface area contributed by atoms with E-state index in [1.807, 2.05) is 27.8 Å². The van der Waals surface area contributed by atoms with E-state index in [2.05, 4.69) is 15.4 Å². The van der Waals surface area contributed by atoms with E-state index in [0.717, 1.165) is 37.2 Å². The fourth-order valence-electron chi connectivity index (χ4n) is 2.53. The minimum Gasteiger partial charge on any atom is -0.338 e. The van der Waals surface area contributed by atoms with E-state index in [1.54, 1.807) is 0 Å². The highest BCUT2D eigenvalue weighted by Gasteiger charge is 2.39. The fraction of sp³-hybridized carbons (Fsp3) is 0.692. The summed E-state index contributed by atoms with van der Waals surface area (Å²) in [7, 11) is 2.04. The number of carbonyl (C=O) groups excluding carboxylic acids is 1. The van der Waals surface area contributed by atoms with Crippen LogP contribution in [-0.4, -0.2) is 36.1 Å². The summed E-state index contributed by atoms with van der Waals surface area (Å²) in [4.78, 5) is 14.5. The van der Waals surface area contributed by atoms with Crippen molar-refractivity contribution in [2.45, 2.75) is 33.6 Å². The molecule has 5 heteroatoms. The lowest BCUT2D eigenvalue weighted by Gasteiger charge is -2.21. The number of nitrogens with zero attached hydrogens (tertiary/aromatic N) is 2. The molecular weight excluding hydrogens is 230 g/mol. The van der Waals surface area contributed by atoms with Gasteiger partial charge >= 0.3 is 0 Å². The molecule has 2 rings (SSSR count). The molecule has 100 valence electrons. The van der Waals surface area contributed by atoms with Gasteiger partial charge in [-0.2, -0.15) is 0 Å². The molecule has 0 bridgehead atoms. The third-order valence-electron chi connectivity index (χ3n) is 3.78. The third-order valence-corrected chi connectivity index (χ3v) is 3.78. The number of nitrogens with one attached hydrogen (secondary N) is 1. The molecule has 1 atom stereocenters. The molecule has 0 aliphatic carbocycles. The smallest absolute Gasteiger partial charge is 0.234 e. The van der Waals surface area contributed by atoms with E-state index < -0.39 is 0 Å². The number of rotatable bonds is 3. The Morgan fingerprint density at radius 1 is 1.61 bits per heavy atom. The van der Waals surface area contributed by atoms with Crippen LogP contribution in [0.25, 0.3) is 0 Å². The van der Waals surface area contributed by atoms with Crippen LogP contribution in [0.5, 0.6) is 0 Å². The van der Waals surface area contributed by atoms with Crippen LogP contribution in [0, 0.1) is 12.3 Å². The highest BCUT2D eigenvalue weighted by molar-refractivity contribution is 5.95. The largest absolute Gasteiger partial charge is 0.338 e. The van der Waals surface area contributed by atoms with Crippen LogP contribution in [0.4, 0.5) is 5.88 Å². The topological polar surface area (TPSA) is 58.4 Å². The van der Waals surface area contributed by atoms with Crippen LogP contribution in [0.1, 0.15) is 31.5 Å². The predicted octanol–water partition coefficient (Wildman–Crippen LogP) is 1.83. The molecule has 0 spiro atoms. The number of aryl methyl sites for hydroxylation is 1. The first-order valence-corrected chi connectivity index (χ1v) is 6.41. The van der Waals surface area contributed by atoms with Crippen molar-refractivity contribution in [3.63, 3.8) is 0 Å². The molecule has 0 radical (unpaired) electrons. The van der Waals surface area contributed by atoms with Gasteiger partial charge in [-0.15, -0.1) is 0 Å². The minimum absolute atomic E-state index is 0.0256. The molecule has 1 fully saturated rings. The van der Waals surface area contributed by atoms with Gasteiger partial charge in [-0.25, -0.2) is 0 Å². The average molecular weight is 251 g/mol. The first-order chi connectivity index (χ1) is 8.46. The number of likely N-dealkylation sites (tertiary alicyclic amines) is 1. The molecule has 1 saturated heterocycles. The lowest BCUT2D eigenvalue weighted by molar-refractivity contribution is -0.124. The van der Waals surface area contributed by atoms with Gasteiger partial charge in [-0.05, 0) is 40.3 Å². The zero-order valence-corrected chi connectivity index (χ0v) is 11.5. The number of hydrogen-bond donors (Lipinski definition) is 1. The lowest BCUT2D eigenvalue weighted by atomic mass is 9.88. The molecule has 18 heavy (non-hydrogen) atoms. The Morgan fingerprint density at radius 3 is 2.89 bits per heavy atom. The van der Waals surface area contributed by atoms with Crippen molar-refractivity contribution in [3.05, 3.63) is 11.3 Å². The highest BCUT2D eigenvalue weighted by Crippen LogP contribution is 2.31. The predicted molar refractivity (Wildman–Crippen MR) is 69.5 cm³/mol. The van der Waals surface area contributed by atoms with Crippen LogP contribution in [-0.2, 0) is 11.2 Å². The first-order valence-electron chi connectivity index (χ1n) is 6.41. The summed E-state index contributed by atoms with van der Waals surface area (Å²) in [5, 5.41) is 6.80. The van der Waals surface area contributed by atoms with Gasteiger partial charge in [0.05, 0.1) is 11.1 Å². The van der Waals surface area contributed by atoms with Gasteiger partial charge in [-0.1, -0.05) is 12.1 Å². The normalized spacial score (nSPS) is 24.4. The second kappa shape index (κ2) is 4.72. The lowest BCUT2D eigenvalue weighted by Crippen LogP contribution is -2.35. The van der Waals surface area contributed by atoms with Crippen molar-refractivity contribution in [1.82, 2.24) is 10.1 Å². The summed E-state index contributed by atoms with van der Waals surface area (Å²) in [5.41, 5.74) is 1.50. The Kier molecular flexibility index (Phi) is 3.43. The molecule has 1 aromatic rings. The van der Waals surface area contributed by atoms with Crippen LogP contribution in [0.15, 0.2) is 4.52 Å². The van der Waals surface area contributed by atoms with Gasteiger partial charge in [0.2, 0.25) is 11.8 Å². The molecule has 1 amide bonds. The van der Waals surface area contributed by atoms with E-state index in [1.165, 1.54) is 0 Å². The maximum atomic E-state index is 12.3. The highest BCUT2D eigenvalue weighted by atomic mass is 16.5. The number of hydrogen-bond acceptors (Lipinski definition) is 4. The number of carbonyl (C=O) groups is 1. The first kappa shape index (κ1) is 13.1. The summed E-state index contributed by atoms with van der Waals surface area (Å²) in [6.07, 6.45) is 1.69. The number of anilines is 1. The van der Waals surface area contributed by atoms with Crippen molar-refractivity contribution in [1.29, 1.82) is 0 Å². The van der Waals surface area contributed by atoms with Crippen LogP contribution >= 0.6 is 0 Å². The Balaban J connectivity index is 2.12. The third kappa shape index (κ3) is 2.27. The second-order valence-electron chi connectivity index (χ2n) is 5.43. The molecular formula is C13H21N3O2. The van der Waals surface area contributed by atoms with Crippen molar-refractivity contribution in [2.24, 2.45) is 5.41 Å². The average Bonchev–Trinajstić information content (AvgIpc) is 2.84. The molecule has 0 saturated carbocycles. The van der Waals surface area contributed by atoms with E-state index in [-0.39, 0.29) is 11.3 Å². The summed E-state index contributed by atoms with van der Waals surface area (Å²) in [6.45, 7) is 7.66. The molecule has 2 heterocycles. The molecule has 0 aromatic carbocycles. The second-order valence-corrected chi connectivity index (χ2v) is 5.43. The zero-order valence-electron chi connectivity index (χ0n) is 11.5. The van der Waals surface area contributed by atoms with E-state index in [4.69, 9.17) is 4.52 Å². The Bertz CT molecular complexity index is 455. The van der Waals surface area contributed by atoms with Gasteiger partial charge in [-0.3, -0.25) is 10.1 Å². The Morgan fingerprint density at radius 2 is 2.33 bits per heavy atom. The standard InChI is InChI=1S/C13H21N3O2/c1-5-10-9(2)15-18-11(10)14-12(17)13(3)6-7-16(4)8-13/h5-8H2,1-4H3,(H,14,17). The summed E-state index contributed by atoms with van der Waals surface area (Å²) < 4.78 is 5.19. The van der Waals surface area contributed by atoms with Crippen molar-refractivity contribution in [3.8, 4) is 0 Å². The molecule has 1 N–H and O–H groups in total. The number of aromatic nitrogens is 1. The summed E-state index contributed by atoms with van der Waals surface area (Å²) in [5.74, 6) is 0.536. The summed E-state index contributed by atoms with van der Waals surface area (Å²) in [6, 6.07) is 0. The quantitative estimate of drug-likeness (QED) is 0.890. The van der Waals surface area contributed by atoms with Gasteiger partial charge < -0.3 is 9.42 Å². The molecule has 1 aromatic heterocycles. The SMILES string of the molecule is CCc1c(C)noc1NC(=O)C1(C)CCN(C)C1. The van der Waals surface area contributed by atoms with Crippen LogP contribution < -0.4 is 5.32 Å².